The molecule has 1 rings (SSSR count). The summed E-state index contributed by atoms with van der Waals surface area (Å²) in [5.41, 5.74) is -0.875. The Bertz CT molecular complexity index is 290. The lowest BCUT2D eigenvalue weighted by molar-refractivity contribution is -0.135. The van der Waals surface area contributed by atoms with E-state index in [9.17, 15) is 20.4 Å². The Balaban J connectivity index is 2.19. The molecule has 5 N–H and O–H groups in total. The van der Waals surface area contributed by atoms with Crippen LogP contribution in [0.25, 0.3) is 0 Å². The van der Waals surface area contributed by atoms with Crippen LogP contribution >= 0.6 is 0 Å². The molecule has 1 aliphatic heterocycles. The van der Waals surface area contributed by atoms with Gasteiger partial charge < -0.3 is 25.7 Å². The number of β-amino-alcohol motifs (C(OH)–C–C–N with tert-alkyl or cyclic N) is 1. The van der Waals surface area contributed by atoms with Crippen LogP contribution in [0.15, 0.2) is 0 Å². The monoisotopic (exact) mass is 317 g/mol. The highest BCUT2D eigenvalue weighted by atomic mass is 16.4. The van der Waals surface area contributed by atoms with Crippen molar-refractivity contribution < 1.29 is 20.4 Å². The molecule has 1 saturated heterocycles. The van der Waals surface area contributed by atoms with Gasteiger partial charge in [-0.2, -0.15) is 0 Å². The van der Waals surface area contributed by atoms with Gasteiger partial charge in [-0.15, -0.1) is 0 Å². The Labute approximate surface area is 134 Å². The number of piperidine rings is 1. The third-order valence-electron chi connectivity index (χ3n) is 4.96. The number of aliphatic hydroxyl groups excluding tert-OH is 4. The van der Waals surface area contributed by atoms with Crippen molar-refractivity contribution in [1.29, 1.82) is 0 Å². The molecular weight excluding hydrogens is 282 g/mol. The van der Waals surface area contributed by atoms with Gasteiger partial charge in [0.25, 0.3) is 0 Å². The molecule has 5 heteroatoms. The van der Waals surface area contributed by atoms with Crippen LogP contribution in [0.2, 0.25) is 0 Å². The molecule has 1 aliphatic rings. The molecule has 0 aromatic carbocycles. The maximum Gasteiger partial charge on any atom is 0.109 e. The van der Waals surface area contributed by atoms with Crippen LogP contribution < -0.4 is 5.32 Å². The van der Waals surface area contributed by atoms with Crippen molar-refractivity contribution in [3.05, 3.63) is 0 Å². The van der Waals surface area contributed by atoms with E-state index in [1.165, 1.54) is 44.9 Å². The normalized spacial score (nSPS) is 32.3. The minimum absolute atomic E-state index is 0.205. The highest BCUT2D eigenvalue weighted by molar-refractivity contribution is 5.04. The van der Waals surface area contributed by atoms with E-state index in [1.807, 2.05) is 0 Å². The fourth-order valence-electron chi connectivity index (χ4n) is 3.29. The molecule has 0 amide bonds. The van der Waals surface area contributed by atoms with E-state index in [0.29, 0.717) is 6.42 Å². The van der Waals surface area contributed by atoms with Crippen molar-refractivity contribution in [2.45, 2.75) is 95.0 Å². The fraction of sp³-hybridized carbons (Fsp3) is 1.00. The summed E-state index contributed by atoms with van der Waals surface area (Å²) >= 11 is 0. The van der Waals surface area contributed by atoms with Crippen LogP contribution in [-0.4, -0.2) is 57.4 Å². The Morgan fingerprint density at radius 1 is 0.909 bits per heavy atom. The summed E-state index contributed by atoms with van der Waals surface area (Å²) in [4.78, 5) is 0. The Morgan fingerprint density at radius 2 is 1.45 bits per heavy atom. The predicted molar refractivity (Wildman–Crippen MR) is 87.7 cm³/mol. The molecule has 1 fully saturated rings. The molecule has 4 atom stereocenters. The zero-order chi connectivity index (χ0) is 16.4. The van der Waals surface area contributed by atoms with Gasteiger partial charge >= 0.3 is 0 Å². The summed E-state index contributed by atoms with van der Waals surface area (Å²) in [5.74, 6) is 0. The lowest BCUT2D eigenvalue weighted by atomic mass is 9.79. The van der Waals surface area contributed by atoms with E-state index in [1.54, 1.807) is 0 Å². The molecule has 0 aromatic rings. The van der Waals surface area contributed by atoms with Gasteiger partial charge in [0.1, 0.15) is 12.2 Å². The Kier molecular flexibility index (Phi) is 9.52. The van der Waals surface area contributed by atoms with Crippen LogP contribution in [0.4, 0.5) is 0 Å². The first-order valence-electron chi connectivity index (χ1n) is 8.97. The number of aliphatic hydroxyl groups is 4. The molecule has 0 aromatic heterocycles. The Morgan fingerprint density at radius 3 is 2.00 bits per heavy atom. The topological polar surface area (TPSA) is 93.0 Å². The Hall–Kier alpha value is -0.200. The van der Waals surface area contributed by atoms with Crippen molar-refractivity contribution in [1.82, 2.24) is 5.32 Å². The van der Waals surface area contributed by atoms with E-state index < -0.39 is 23.9 Å². The molecule has 5 nitrogen and oxygen atoms in total. The first-order valence-corrected chi connectivity index (χ1v) is 8.97. The van der Waals surface area contributed by atoms with Crippen molar-refractivity contribution in [2.75, 3.05) is 13.2 Å². The second-order valence-electron chi connectivity index (χ2n) is 6.78. The third-order valence-corrected chi connectivity index (χ3v) is 4.96. The van der Waals surface area contributed by atoms with Gasteiger partial charge in [-0.1, -0.05) is 64.7 Å². The maximum absolute atomic E-state index is 10.1. The average molecular weight is 317 g/mol. The number of rotatable bonds is 11. The van der Waals surface area contributed by atoms with Gasteiger partial charge in [0, 0.05) is 6.54 Å². The van der Waals surface area contributed by atoms with E-state index in [0.717, 1.165) is 12.8 Å². The number of hydrogen-bond acceptors (Lipinski definition) is 5. The van der Waals surface area contributed by atoms with Crippen LogP contribution in [0.5, 0.6) is 0 Å². The first-order chi connectivity index (χ1) is 10.6. The van der Waals surface area contributed by atoms with Gasteiger partial charge in [0.2, 0.25) is 0 Å². The molecule has 22 heavy (non-hydrogen) atoms. The van der Waals surface area contributed by atoms with Crippen molar-refractivity contribution >= 4 is 0 Å². The van der Waals surface area contributed by atoms with Crippen LogP contribution in [0.1, 0.15) is 71.1 Å². The smallest absolute Gasteiger partial charge is 0.109 e. The molecule has 0 aliphatic carbocycles. The molecule has 0 bridgehead atoms. The molecule has 0 radical (unpaired) electrons. The quantitative estimate of drug-likeness (QED) is 0.371. The first kappa shape index (κ1) is 19.8. The van der Waals surface area contributed by atoms with Crippen molar-refractivity contribution in [3.8, 4) is 0 Å². The molecule has 1 heterocycles. The van der Waals surface area contributed by atoms with Gasteiger partial charge in [-0.05, 0) is 6.42 Å². The van der Waals surface area contributed by atoms with Gasteiger partial charge in [0.05, 0.1) is 18.2 Å². The van der Waals surface area contributed by atoms with E-state index in [-0.39, 0.29) is 13.2 Å². The maximum atomic E-state index is 10.1. The number of hydrogen-bond donors (Lipinski definition) is 5. The molecule has 132 valence electrons. The summed E-state index contributed by atoms with van der Waals surface area (Å²) < 4.78 is 0. The zero-order valence-corrected chi connectivity index (χ0v) is 14.0. The summed E-state index contributed by atoms with van der Waals surface area (Å²) in [7, 11) is 0. The van der Waals surface area contributed by atoms with E-state index in [2.05, 4.69) is 12.2 Å². The van der Waals surface area contributed by atoms with Crippen molar-refractivity contribution in [3.63, 3.8) is 0 Å². The molecule has 0 spiro atoms. The summed E-state index contributed by atoms with van der Waals surface area (Å²) in [5, 5.41) is 42.2. The number of nitrogens with one attached hydrogen (secondary N) is 1. The van der Waals surface area contributed by atoms with Gasteiger partial charge in [-0.3, -0.25) is 0 Å². The predicted octanol–water partition coefficient (Wildman–Crippen LogP) is 1.32. The second-order valence-corrected chi connectivity index (χ2v) is 6.78. The van der Waals surface area contributed by atoms with Crippen LogP contribution in [-0.2, 0) is 0 Å². The highest BCUT2D eigenvalue weighted by Crippen LogP contribution is 2.26. The molecular formula is C17H35NO4. The summed E-state index contributed by atoms with van der Waals surface area (Å²) in [6.45, 7) is 2.20. The van der Waals surface area contributed by atoms with Gasteiger partial charge in [0.15, 0.2) is 0 Å². The lowest BCUT2D eigenvalue weighted by Gasteiger charge is -2.45. The van der Waals surface area contributed by atoms with Crippen LogP contribution in [0.3, 0.4) is 0 Å². The standard InChI is InChI=1S/C17H35NO4/c1-2-3-4-5-6-7-8-9-10-11-17(13-19)16(22)15(21)14(20)12-18-17/h14-16,18-22H,2-13H2,1H3/t14-,15+,16-,17-/m0/s1. The minimum atomic E-state index is -1.19. The number of unbranched alkanes of at least 4 members (excludes halogenated alkanes) is 8. The minimum Gasteiger partial charge on any atom is -0.394 e. The van der Waals surface area contributed by atoms with E-state index >= 15 is 0 Å². The van der Waals surface area contributed by atoms with Crippen molar-refractivity contribution in [2.24, 2.45) is 0 Å². The fourth-order valence-corrected chi connectivity index (χ4v) is 3.29. The molecule has 0 unspecified atom stereocenters. The summed E-state index contributed by atoms with van der Waals surface area (Å²) in [6, 6.07) is 0. The third kappa shape index (κ3) is 5.78. The van der Waals surface area contributed by atoms with Gasteiger partial charge in [-0.25, -0.2) is 0 Å². The second kappa shape index (κ2) is 10.6. The SMILES string of the molecule is CCCCCCCCCCC[C@@]1(CO)NC[C@H](O)[C@@H](O)[C@@H]1O. The lowest BCUT2D eigenvalue weighted by Crippen LogP contribution is -2.69. The largest absolute Gasteiger partial charge is 0.394 e. The molecule has 0 saturated carbocycles. The summed E-state index contributed by atoms with van der Waals surface area (Å²) in [6.07, 6.45) is 8.27. The zero-order valence-electron chi connectivity index (χ0n) is 14.0. The highest BCUT2D eigenvalue weighted by Gasteiger charge is 2.46. The van der Waals surface area contributed by atoms with Crippen LogP contribution in [0, 0.1) is 0 Å². The average Bonchev–Trinajstić information content (AvgIpc) is 2.53. The van der Waals surface area contributed by atoms with E-state index in [4.69, 9.17) is 0 Å².